The fourth-order valence-corrected chi connectivity index (χ4v) is 2.03. The summed E-state index contributed by atoms with van der Waals surface area (Å²) in [6.45, 7) is 0.268. The smallest absolute Gasteiger partial charge is 0.369 e. The topological polar surface area (TPSA) is 27.0 Å². The highest BCUT2D eigenvalue weighted by Gasteiger charge is 2.41. The van der Waals surface area contributed by atoms with Crippen LogP contribution in [0.5, 0.6) is 0 Å². The summed E-state index contributed by atoms with van der Waals surface area (Å²) in [5.74, 6) is -1.92. The van der Waals surface area contributed by atoms with Crippen LogP contribution in [0, 0.1) is 17.2 Å². The van der Waals surface area contributed by atoms with Gasteiger partial charge < -0.3 is 4.90 Å². The Morgan fingerprint density at radius 1 is 1.35 bits per heavy atom. The minimum atomic E-state index is -4.45. The van der Waals surface area contributed by atoms with Gasteiger partial charge in [0.25, 0.3) is 0 Å². The van der Waals surface area contributed by atoms with E-state index in [1.165, 1.54) is 6.07 Å². The van der Waals surface area contributed by atoms with Crippen molar-refractivity contribution in [1.29, 1.82) is 5.26 Å². The minimum Gasteiger partial charge on any atom is -0.369 e. The van der Waals surface area contributed by atoms with Gasteiger partial charge in [0.15, 0.2) is 5.92 Å². The maximum atomic E-state index is 12.5. The average molecular weight is 240 g/mol. The summed E-state index contributed by atoms with van der Waals surface area (Å²) in [4.78, 5) is 1.64. The maximum absolute atomic E-state index is 12.5. The van der Waals surface area contributed by atoms with Crippen LogP contribution in [0.25, 0.3) is 0 Å². The molecule has 1 heterocycles. The molecule has 1 atom stereocenters. The van der Waals surface area contributed by atoms with Crippen molar-refractivity contribution in [3.63, 3.8) is 0 Å². The van der Waals surface area contributed by atoms with Crippen LogP contribution in [0.2, 0.25) is 0 Å². The van der Waals surface area contributed by atoms with E-state index in [4.69, 9.17) is 5.26 Å². The Bertz CT molecular complexity index is 448. The lowest BCUT2D eigenvalue weighted by Crippen LogP contribution is -2.35. The van der Waals surface area contributed by atoms with Crippen molar-refractivity contribution in [2.24, 2.45) is 5.92 Å². The van der Waals surface area contributed by atoms with Crippen molar-refractivity contribution in [2.75, 3.05) is 18.0 Å². The van der Waals surface area contributed by atoms with Gasteiger partial charge in [-0.15, -0.1) is 0 Å². The minimum absolute atomic E-state index is 0.281. The SMILES string of the molecule is N#CC(CN1CCc2ccccc21)C(F)(F)F. The Labute approximate surface area is 97.3 Å². The molecule has 0 bridgehead atoms. The van der Waals surface area contributed by atoms with Crippen molar-refractivity contribution in [3.05, 3.63) is 29.8 Å². The standard InChI is InChI=1S/C12H11F3N2/c13-12(14,15)10(7-16)8-17-6-5-9-3-1-2-4-11(9)17/h1-4,10H,5-6,8H2. The summed E-state index contributed by atoms with van der Waals surface area (Å²) < 4.78 is 37.5. The molecule has 0 saturated heterocycles. The summed E-state index contributed by atoms with van der Waals surface area (Å²) in [7, 11) is 0. The van der Waals surface area contributed by atoms with E-state index < -0.39 is 12.1 Å². The van der Waals surface area contributed by atoms with E-state index >= 15 is 0 Å². The van der Waals surface area contributed by atoms with Gasteiger partial charge in [0.1, 0.15) is 0 Å². The Morgan fingerprint density at radius 2 is 2.06 bits per heavy atom. The fraction of sp³-hybridized carbons (Fsp3) is 0.417. The lowest BCUT2D eigenvalue weighted by Gasteiger charge is -2.23. The lowest BCUT2D eigenvalue weighted by molar-refractivity contribution is -0.156. The zero-order valence-electron chi connectivity index (χ0n) is 9.04. The second-order valence-corrected chi connectivity index (χ2v) is 4.05. The first-order valence-electron chi connectivity index (χ1n) is 5.31. The van der Waals surface area contributed by atoms with Crippen molar-refractivity contribution >= 4 is 5.69 Å². The van der Waals surface area contributed by atoms with E-state index in [1.54, 1.807) is 17.0 Å². The quantitative estimate of drug-likeness (QED) is 0.794. The van der Waals surface area contributed by atoms with Gasteiger partial charge in [-0.25, -0.2) is 0 Å². The van der Waals surface area contributed by atoms with Crippen LogP contribution in [-0.4, -0.2) is 19.3 Å². The highest BCUT2D eigenvalue weighted by Crippen LogP contribution is 2.32. The molecule has 0 aromatic heterocycles. The van der Waals surface area contributed by atoms with Gasteiger partial charge in [-0.1, -0.05) is 18.2 Å². The van der Waals surface area contributed by atoms with E-state index in [9.17, 15) is 13.2 Å². The van der Waals surface area contributed by atoms with Gasteiger partial charge >= 0.3 is 6.18 Å². The number of nitriles is 1. The molecule has 0 fully saturated rings. The highest BCUT2D eigenvalue weighted by atomic mass is 19.4. The van der Waals surface area contributed by atoms with E-state index in [1.807, 2.05) is 12.1 Å². The van der Waals surface area contributed by atoms with Crippen LogP contribution in [0.3, 0.4) is 0 Å². The molecule has 2 nitrogen and oxygen atoms in total. The molecule has 17 heavy (non-hydrogen) atoms. The third-order valence-electron chi connectivity index (χ3n) is 2.94. The Kier molecular flexibility index (Phi) is 2.97. The normalized spacial score (nSPS) is 16.5. The van der Waals surface area contributed by atoms with Crippen LogP contribution in [0.15, 0.2) is 24.3 Å². The number of halogens is 3. The summed E-state index contributed by atoms with van der Waals surface area (Å²) in [5.41, 5.74) is 1.86. The average Bonchev–Trinajstić information content (AvgIpc) is 2.67. The molecule has 1 unspecified atom stereocenters. The van der Waals surface area contributed by atoms with E-state index in [0.717, 1.165) is 17.7 Å². The monoisotopic (exact) mass is 240 g/mol. The van der Waals surface area contributed by atoms with Gasteiger partial charge in [0, 0.05) is 18.8 Å². The number of para-hydroxylation sites is 1. The Hall–Kier alpha value is -1.70. The largest absolute Gasteiger partial charge is 0.406 e. The van der Waals surface area contributed by atoms with Crippen molar-refractivity contribution in [3.8, 4) is 6.07 Å². The van der Waals surface area contributed by atoms with Crippen molar-refractivity contribution < 1.29 is 13.2 Å². The number of nitrogens with zero attached hydrogens (tertiary/aromatic N) is 2. The third kappa shape index (κ3) is 2.36. The highest BCUT2D eigenvalue weighted by molar-refractivity contribution is 5.57. The molecule has 2 rings (SSSR count). The molecule has 5 heteroatoms. The summed E-state index contributed by atoms with van der Waals surface area (Å²) >= 11 is 0. The van der Waals surface area contributed by atoms with Crippen LogP contribution in [0.4, 0.5) is 18.9 Å². The number of hydrogen-bond acceptors (Lipinski definition) is 2. The fourth-order valence-electron chi connectivity index (χ4n) is 2.03. The number of rotatable bonds is 2. The van der Waals surface area contributed by atoms with Crippen LogP contribution in [-0.2, 0) is 6.42 Å². The second-order valence-electron chi connectivity index (χ2n) is 4.05. The first kappa shape index (κ1) is 11.8. The van der Waals surface area contributed by atoms with Crippen molar-refractivity contribution in [1.82, 2.24) is 0 Å². The molecule has 1 aliphatic rings. The van der Waals surface area contributed by atoms with E-state index in [0.29, 0.717) is 6.54 Å². The van der Waals surface area contributed by atoms with Gasteiger partial charge in [-0.2, -0.15) is 18.4 Å². The zero-order chi connectivity index (χ0) is 12.5. The predicted octanol–water partition coefficient (Wildman–Crippen LogP) is 2.75. The summed E-state index contributed by atoms with van der Waals surface area (Å²) in [6, 6.07) is 8.71. The molecule has 0 saturated carbocycles. The Balaban J connectivity index is 2.15. The van der Waals surface area contributed by atoms with Crippen LogP contribution < -0.4 is 4.90 Å². The molecule has 0 radical (unpaired) electrons. The number of hydrogen-bond donors (Lipinski definition) is 0. The van der Waals surface area contributed by atoms with Gasteiger partial charge in [0.05, 0.1) is 6.07 Å². The first-order chi connectivity index (χ1) is 8.02. The molecule has 1 aromatic rings. The van der Waals surface area contributed by atoms with Gasteiger partial charge in [-0.05, 0) is 18.1 Å². The van der Waals surface area contributed by atoms with Crippen LogP contribution in [0.1, 0.15) is 5.56 Å². The van der Waals surface area contributed by atoms with Gasteiger partial charge in [0.2, 0.25) is 0 Å². The van der Waals surface area contributed by atoms with Gasteiger partial charge in [-0.3, -0.25) is 0 Å². The molecule has 0 spiro atoms. The Morgan fingerprint density at radius 3 is 2.71 bits per heavy atom. The molecular formula is C12H11F3N2. The number of fused-ring (bicyclic) bond motifs is 1. The number of anilines is 1. The molecule has 0 aliphatic carbocycles. The first-order valence-corrected chi connectivity index (χ1v) is 5.31. The molecular weight excluding hydrogens is 229 g/mol. The third-order valence-corrected chi connectivity index (χ3v) is 2.94. The molecule has 1 aromatic carbocycles. The molecule has 1 aliphatic heterocycles. The van der Waals surface area contributed by atoms with Crippen molar-refractivity contribution in [2.45, 2.75) is 12.6 Å². The lowest BCUT2D eigenvalue weighted by atomic mass is 10.1. The molecule has 0 amide bonds. The molecule has 0 N–H and O–H groups in total. The zero-order valence-corrected chi connectivity index (χ0v) is 9.04. The summed E-state index contributed by atoms with van der Waals surface area (Å²) in [6.07, 6.45) is -3.71. The summed E-state index contributed by atoms with van der Waals surface area (Å²) in [5, 5.41) is 8.57. The number of benzene rings is 1. The predicted molar refractivity (Wildman–Crippen MR) is 57.5 cm³/mol. The number of alkyl halides is 3. The van der Waals surface area contributed by atoms with E-state index in [2.05, 4.69) is 0 Å². The van der Waals surface area contributed by atoms with E-state index in [-0.39, 0.29) is 6.54 Å². The maximum Gasteiger partial charge on any atom is 0.406 e. The second kappa shape index (κ2) is 4.28. The van der Waals surface area contributed by atoms with Crippen LogP contribution >= 0.6 is 0 Å². The molecule has 90 valence electrons.